The zero-order chi connectivity index (χ0) is 14.2. The molecule has 1 aromatic heterocycles. The van der Waals surface area contributed by atoms with Crippen molar-refractivity contribution in [1.82, 2.24) is 15.0 Å². The van der Waals surface area contributed by atoms with Crippen molar-refractivity contribution in [1.29, 1.82) is 0 Å². The molecule has 0 atom stereocenters. The van der Waals surface area contributed by atoms with Crippen molar-refractivity contribution >= 4 is 5.95 Å². The maximum atomic E-state index is 5.52. The van der Waals surface area contributed by atoms with E-state index in [0.717, 1.165) is 12.0 Å². The molecule has 0 saturated carbocycles. The number of aromatic nitrogens is 3. The molecule has 0 aliphatic carbocycles. The number of ether oxygens (including phenoxy) is 2. The van der Waals surface area contributed by atoms with Crippen molar-refractivity contribution in [2.45, 2.75) is 20.0 Å². The Morgan fingerprint density at radius 3 is 2.40 bits per heavy atom. The van der Waals surface area contributed by atoms with Crippen LogP contribution >= 0.6 is 0 Å². The number of nitrogens with one attached hydrogen (secondary N) is 1. The maximum Gasteiger partial charge on any atom is 0.324 e. The van der Waals surface area contributed by atoms with Crippen molar-refractivity contribution < 1.29 is 9.47 Å². The van der Waals surface area contributed by atoms with Crippen LogP contribution in [0.25, 0.3) is 0 Å². The van der Waals surface area contributed by atoms with E-state index in [-0.39, 0.29) is 18.0 Å². The summed E-state index contributed by atoms with van der Waals surface area (Å²) in [5, 5.41) is 0. The zero-order valence-electron chi connectivity index (χ0n) is 11.2. The van der Waals surface area contributed by atoms with E-state index in [4.69, 9.17) is 15.3 Å². The lowest BCUT2D eigenvalue weighted by Gasteiger charge is -2.08. The minimum atomic E-state index is 0.169. The van der Waals surface area contributed by atoms with Gasteiger partial charge in [0.1, 0.15) is 6.61 Å². The van der Waals surface area contributed by atoms with Gasteiger partial charge in [0.25, 0.3) is 0 Å². The molecule has 7 heteroatoms. The highest BCUT2D eigenvalue weighted by Gasteiger charge is 2.08. The third-order valence-corrected chi connectivity index (χ3v) is 2.37. The molecular weight excluding hydrogens is 258 g/mol. The van der Waals surface area contributed by atoms with Crippen LogP contribution in [0.1, 0.15) is 18.9 Å². The second-order valence-electron chi connectivity index (χ2n) is 3.99. The van der Waals surface area contributed by atoms with Crippen molar-refractivity contribution in [2.75, 3.05) is 12.0 Å². The predicted octanol–water partition coefficient (Wildman–Crippen LogP) is 1.52. The molecule has 0 fully saturated rings. The minimum absolute atomic E-state index is 0.169. The van der Waals surface area contributed by atoms with Crippen LogP contribution in [0.4, 0.5) is 5.95 Å². The summed E-state index contributed by atoms with van der Waals surface area (Å²) in [6.45, 7) is 2.88. The second-order valence-corrected chi connectivity index (χ2v) is 3.99. The molecule has 1 aromatic carbocycles. The van der Waals surface area contributed by atoms with Gasteiger partial charge in [-0.25, -0.2) is 5.84 Å². The molecule has 0 unspecified atom stereocenters. The van der Waals surface area contributed by atoms with Crippen molar-refractivity contribution in [3.63, 3.8) is 0 Å². The number of nitrogen functional groups attached to an aromatic ring is 1. The van der Waals surface area contributed by atoms with Gasteiger partial charge in [-0.15, -0.1) is 4.98 Å². The Hall–Kier alpha value is -2.41. The van der Waals surface area contributed by atoms with Gasteiger partial charge in [0.15, 0.2) is 0 Å². The standard InChI is InChI=1S/C13H17N5O2/c1-2-8-19-12-15-11(18-14)16-13(17-12)20-9-10-6-4-3-5-7-10/h3-7H,2,8-9,14H2,1H3,(H,15,16,17,18). The fourth-order valence-electron chi connectivity index (χ4n) is 1.45. The average Bonchev–Trinajstić information content (AvgIpc) is 2.51. The lowest BCUT2D eigenvalue weighted by molar-refractivity contribution is 0.256. The van der Waals surface area contributed by atoms with Gasteiger partial charge < -0.3 is 9.47 Å². The highest BCUT2D eigenvalue weighted by molar-refractivity contribution is 5.25. The van der Waals surface area contributed by atoms with Crippen molar-refractivity contribution in [2.24, 2.45) is 5.84 Å². The van der Waals surface area contributed by atoms with Crippen LogP contribution in [-0.4, -0.2) is 21.6 Å². The van der Waals surface area contributed by atoms with E-state index in [1.165, 1.54) is 0 Å². The van der Waals surface area contributed by atoms with Gasteiger partial charge in [-0.3, -0.25) is 5.43 Å². The van der Waals surface area contributed by atoms with E-state index in [1.54, 1.807) is 0 Å². The van der Waals surface area contributed by atoms with Crippen LogP contribution in [0.3, 0.4) is 0 Å². The number of nitrogens with two attached hydrogens (primary N) is 1. The van der Waals surface area contributed by atoms with Gasteiger partial charge >= 0.3 is 12.0 Å². The maximum absolute atomic E-state index is 5.52. The Kier molecular flexibility index (Phi) is 5.08. The number of hydrogen-bond acceptors (Lipinski definition) is 7. The lowest BCUT2D eigenvalue weighted by atomic mass is 10.2. The fraction of sp³-hybridized carbons (Fsp3) is 0.308. The largest absolute Gasteiger partial charge is 0.463 e. The number of rotatable bonds is 7. The van der Waals surface area contributed by atoms with E-state index in [9.17, 15) is 0 Å². The Bertz CT molecular complexity index is 536. The molecule has 0 saturated heterocycles. The molecule has 2 rings (SSSR count). The van der Waals surface area contributed by atoms with Crippen LogP contribution in [0.2, 0.25) is 0 Å². The normalized spacial score (nSPS) is 10.1. The molecule has 0 radical (unpaired) electrons. The molecule has 1 heterocycles. The summed E-state index contributed by atoms with van der Waals surface area (Å²) in [6.07, 6.45) is 0.858. The first-order valence-electron chi connectivity index (χ1n) is 6.34. The first-order chi connectivity index (χ1) is 9.81. The van der Waals surface area contributed by atoms with E-state index in [0.29, 0.717) is 13.2 Å². The molecule has 2 aromatic rings. The molecule has 0 bridgehead atoms. The van der Waals surface area contributed by atoms with Crippen molar-refractivity contribution in [3.05, 3.63) is 35.9 Å². The van der Waals surface area contributed by atoms with Gasteiger partial charge in [0.05, 0.1) is 6.61 Å². The summed E-state index contributed by atoms with van der Waals surface area (Å²) in [7, 11) is 0. The summed E-state index contributed by atoms with van der Waals surface area (Å²) < 4.78 is 10.9. The quantitative estimate of drug-likeness (QED) is 0.584. The Morgan fingerprint density at radius 2 is 1.75 bits per heavy atom. The zero-order valence-corrected chi connectivity index (χ0v) is 11.2. The van der Waals surface area contributed by atoms with E-state index >= 15 is 0 Å². The summed E-state index contributed by atoms with van der Waals surface area (Å²) in [5.74, 6) is 5.51. The highest BCUT2D eigenvalue weighted by atomic mass is 16.5. The van der Waals surface area contributed by atoms with Crippen molar-refractivity contribution in [3.8, 4) is 12.0 Å². The van der Waals surface area contributed by atoms with Crippen LogP contribution in [0.15, 0.2) is 30.3 Å². The average molecular weight is 275 g/mol. The Labute approximate surface area is 117 Å². The van der Waals surface area contributed by atoms with Gasteiger partial charge in [0.2, 0.25) is 5.95 Å². The molecular formula is C13H17N5O2. The number of hydrazine groups is 1. The van der Waals surface area contributed by atoms with Gasteiger partial charge in [0, 0.05) is 0 Å². The first kappa shape index (κ1) is 14.0. The fourth-order valence-corrected chi connectivity index (χ4v) is 1.45. The van der Waals surface area contributed by atoms with E-state index in [1.807, 2.05) is 37.3 Å². The van der Waals surface area contributed by atoms with E-state index in [2.05, 4.69) is 20.4 Å². The van der Waals surface area contributed by atoms with Crippen LogP contribution in [-0.2, 0) is 6.61 Å². The van der Waals surface area contributed by atoms with Crippen LogP contribution < -0.4 is 20.7 Å². The molecule has 0 aliphatic heterocycles. The molecule has 0 amide bonds. The second kappa shape index (κ2) is 7.25. The molecule has 0 spiro atoms. The predicted molar refractivity (Wildman–Crippen MR) is 74.2 cm³/mol. The van der Waals surface area contributed by atoms with Gasteiger partial charge in [-0.1, -0.05) is 37.3 Å². The minimum Gasteiger partial charge on any atom is -0.463 e. The van der Waals surface area contributed by atoms with Crippen LogP contribution in [0.5, 0.6) is 12.0 Å². The Balaban J connectivity index is 2.06. The Morgan fingerprint density at radius 1 is 1.05 bits per heavy atom. The smallest absolute Gasteiger partial charge is 0.324 e. The highest BCUT2D eigenvalue weighted by Crippen LogP contribution is 2.14. The summed E-state index contributed by atoms with van der Waals surface area (Å²) in [5.41, 5.74) is 3.38. The molecule has 3 N–H and O–H groups in total. The molecule has 0 aliphatic rings. The SMILES string of the molecule is CCCOc1nc(NN)nc(OCc2ccccc2)n1. The molecule has 20 heavy (non-hydrogen) atoms. The molecule has 106 valence electrons. The summed E-state index contributed by atoms with van der Waals surface area (Å²) >= 11 is 0. The monoisotopic (exact) mass is 275 g/mol. The number of nitrogens with zero attached hydrogens (tertiary/aromatic N) is 3. The topological polar surface area (TPSA) is 95.2 Å². The lowest BCUT2D eigenvalue weighted by Crippen LogP contribution is -2.13. The van der Waals surface area contributed by atoms with Gasteiger partial charge in [-0.05, 0) is 12.0 Å². The van der Waals surface area contributed by atoms with Gasteiger partial charge in [-0.2, -0.15) is 9.97 Å². The summed E-state index contributed by atoms with van der Waals surface area (Å²) in [6, 6.07) is 10.1. The number of benzene rings is 1. The number of hydrogen-bond donors (Lipinski definition) is 2. The third-order valence-electron chi connectivity index (χ3n) is 2.37. The molecule has 7 nitrogen and oxygen atoms in total. The van der Waals surface area contributed by atoms with E-state index < -0.39 is 0 Å². The summed E-state index contributed by atoms with van der Waals surface area (Å²) in [4.78, 5) is 12.1. The first-order valence-corrected chi connectivity index (χ1v) is 6.34. The number of anilines is 1. The third kappa shape index (κ3) is 4.06. The van der Waals surface area contributed by atoms with Crippen LogP contribution in [0, 0.1) is 0 Å².